The van der Waals surface area contributed by atoms with Crippen LogP contribution in [0.3, 0.4) is 0 Å². The minimum absolute atomic E-state index is 0.00415. The van der Waals surface area contributed by atoms with Gasteiger partial charge in [0, 0.05) is 23.0 Å². The summed E-state index contributed by atoms with van der Waals surface area (Å²) in [5.74, 6) is 0.00415. The highest BCUT2D eigenvalue weighted by atomic mass is 79.9. The minimum Gasteiger partial charge on any atom is -0.370 e. The molecular formula is C14H20BrN2O2+. The summed E-state index contributed by atoms with van der Waals surface area (Å²) in [4.78, 5) is 13.4. The van der Waals surface area contributed by atoms with Gasteiger partial charge in [-0.2, -0.15) is 0 Å². The normalized spacial score (nSPS) is 16.3. The molecule has 2 rings (SSSR count). The predicted molar refractivity (Wildman–Crippen MR) is 77.5 cm³/mol. The Morgan fingerprint density at radius 1 is 1.26 bits per heavy atom. The van der Waals surface area contributed by atoms with E-state index in [4.69, 9.17) is 4.74 Å². The smallest absolute Gasteiger partial charge is 0.251 e. The molecule has 1 aromatic carbocycles. The highest BCUT2D eigenvalue weighted by Gasteiger charge is 2.13. The topological polar surface area (TPSA) is 42.8 Å². The lowest BCUT2D eigenvalue weighted by molar-refractivity contribution is -0.908. The van der Waals surface area contributed by atoms with Crippen molar-refractivity contribution in [1.82, 2.24) is 5.32 Å². The van der Waals surface area contributed by atoms with Crippen LogP contribution in [-0.2, 0) is 4.74 Å². The average molecular weight is 328 g/mol. The van der Waals surface area contributed by atoms with Gasteiger partial charge in [0.05, 0.1) is 19.8 Å². The standard InChI is InChI=1S/C14H19BrN2O2/c15-13-4-2-12(3-5-13)14(18)16-6-1-7-17-8-10-19-11-9-17/h2-5H,1,6-11H2,(H,16,18)/p+1. The van der Waals surface area contributed by atoms with Gasteiger partial charge in [-0.05, 0) is 24.3 Å². The van der Waals surface area contributed by atoms with Crippen molar-refractivity contribution in [2.75, 3.05) is 39.4 Å². The van der Waals surface area contributed by atoms with Crippen LogP contribution in [0, 0.1) is 0 Å². The van der Waals surface area contributed by atoms with E-state index in [1.165, 1.54) is 0 Å². The molecule has 1 fully saturated rings. The van der Waals surface area contributed by atoms with E-state index >= 15 is 0 Å². The molecule has 0 unspecified atom stereocenters. The summed E-state index contributed by atoms with van der Waals surface area (Å²) in [5.41, 5.74) is 0.710. The first-order valence-electron chi connectivity index (χ1n) is 6.71. The van der Waals surface area contributed by atoms with Crippen molar-refractivity contribution >= 4 is 21.8 Å². The van der Waals surface area contributed by atoms with Crippen molar-refractivity contribution in [3.05, 3.63) is 34.3 Å². The minimum atomic E-state index is 0.00415. The van der Waals surface area contributed by atoms with E-state index in [-0.39, 0.29) is 5.91 Å². The molecule has 1 saturated heterocycles. The number of hydrogen-bond donors (Lipinski definition) is 2. The molecule has 5 heteroatoms. The second kappa shape index (κ2) is 7.62. The lowest BCUT2D eigenvalue weighted by Crippen LogP contribution is -3.14. The Kier molecular flexibility index (Phi) is 5.82. The third-order valence-electron chi connectivity index (χ3n) is 3.30. The number of rotatable bonds is 5. The molecule has 1 heterocycles. The van der Waals surface area contributed by atoms with Gasteiger partial charge in [0.15, 0.2) is 0 Å². The zero-order valence-corrected chi connectivity index (χ0v) is 12.5. The van der Waals surface area contributed by atoms with Gasteiger partial charge >= 0.3 is 0 Å². The Morgan fingerprint density at radius 2 is 1.95 bits per heavy atom. The van der Waals surface area contributed by atoms with Crippen LogP contribution in [0.1, 0.15) is 16.8 Å². The molecule has 0 aromatic heterocycles. The van der Waals surface area contributed by atoms with E-state index in [1.807, 2.05) is 24.3 Å². The molecule has 0 saturated carbocycles. The molecule has 19 heavy (non-hydrogen) atoms. The lowest BCUT2D eigenvalue weighted by atomic mass is 10.2. The second-order valence-corrected chi connectivity index (χ2v) is 5.64. The highest BCUT2D eigenvalue weighted by molar-refractivity contribution is 9.10. The number of ether oxygens (including phenoxy) is 1. The maximum absolute atomic E-state index is 11.9. The van der Waals surface area contributed by atoms with Crippen LogP contribution in [0.2, 0.25) is 0 Å². The van der Waals surface area contributed by atoms with Crippen LogP contribution in [0.5, 0.6) is 0 Å². The monoisotopic (exact) mass is 327 g/mol. The molecule has 2 N–H and O–H groups in total. The van der Waals surface area contributed by atoms with E-state index in [2.05, 4.69) is 21.2 Å². The quantitative estimate of drug-likeness (QED) is 0.773. The zero-order chi connectivity index (χ0) is 13.5. The van der Waals surface area contributed by atoms with Crippen molar-refractivity contribution in [3.8, 4) is 0 Å². The van der Waals surface area contributed by atoms with E-state index in [1.54, 1.807) is 4.90 Å². The van der Waals surface area contributed by atoms with Gasteiger partial charge in [0.2, 0.25) is 0 Å². The van der Waals surface area contributed by atoms with Gasteiger partial charge in [-0.1, -0.05) is 15.9 Å². The number of quaternary nitrogens is 1. The highest BCUT2D eigenvalue weighted by Crippen LogP contribution is 2.10. The van der Waals surface area contributed by atoms with Crippen LogP contribution >= 0.6 is 15.9 Å². The molecular weight excluding hydrogens is 308 g/mol. The Hall–Kier alpha value is -0.910. The van der Waals surface area contributed by atoms with Gasteiger partial charge in [0.25, 0.3) is 5.91 Å². The maximum Gasteiger partial charge on any atom is 0.251 e. The summed E-state index contributed by atoms with van der Waals surface area (Å²) in [5, 5.41) is 2.96. The first-order valence-corrected chi connectivity index (χ1v) is 7.50. The summed E-state index contributed by atoms with van der Waals surface area (Å²) < 4.78 is 6.30. The summed E-state index contributed by atoms with van der Waals surface area (Å²) in [6.07, 6.45) is 1.01. The third kappa shape index (κ3) is 4.93. The van der Waals surface area contributed by atoms with E-state index < -0.39 is 0 Å². The van der Waals surface area contributed by atoms with Crippen LogP contribution in [0.15, 0.2) is 28.7 Å². The number of halogens is 1. The number of carbonyl (C=O) groups is 1. The molecule has 4 nitrogen and oxygen atoms in total. The zero-order valence-electron chi connectivity index (χ0n) is 11.0. The van der Waals surface area contributed by atoms with Crippen LogP contribution in [-0.4, -0.2) is 45.3 Å². The summed E-state index contributed by atoms with van der Waals surface area (Å²) in [6, 6.07) is 7.42. The Bertz CT molecular complexity index is 402. The molecule has 0 bridgehead atoms. The van der Waals surface area contributed by atoms with Gasteiger partial charge in [-0.25, -0.2) is 0 Å². The number of carbonyl (C=O) groups excluding carboxylic acids is 1. The lowest BCUT2D eigenvalue weighted by Gasteiger charge is -2.23. The van der Waals surface area contributed by atoms with Crippen LogP contribution < -0.4 is 10.2 Å². The Morgan fingerprint density at radius 3 is 2.63 bits per heavy atom. The largest absolute Gasteiger partial charge is 0.370 e. The van der Waals surface area contributed by atoms with Crippen molar-refractivity contribution in [3.63, 3.8) is 0 Å². The van der Waals surface area contributed by atoms with Crippen molar-refractivity contribution < 1.29 is 14.4 Å². The number of amides is 1. The fraction of sp³-hybridized carbons (Fsp3) is 0.500. The number of hydrogen-bond acceptors (Lipinski definition) is 2. The van der Waals surface area contributed by atoms with E-state index in [0.29, 0.717) is 5.56 Å². The SMILES string of the molecule is O=C(NCCC[NH+]1CCOCC1)c1ccc(Br)cc1. The molecule has 1 amide bonds. The third-order valence-corrected chi connectivity index (χ3v) is 3.83. The van der Waals surface area contributed by atoms with E-state index in [9.17, 15) is 4.79 Å². The number of nitrogens with one attached hydrogen (secondary N) is 2. The Balaban J connectivity index is 1.64. The van der Waals surface area contributed by atoms with Crippen molar-refractivity contribution in [1.29, 1.82) is 0 Å². The Labute approximate surface area is 122 Å². The number of morpholine rings is 1. The first-order chi connectivity index (χ1) is 9.25. The maximum atomic E-state index is 11.9. The molecule has 1 aromatic rings. The molecule has 104 valence electrons. The van der Waals surface area contributed by atoms with Crippen molar-refractivity contribution in [2.45, 2.75) is 6.42 Å². The molecule has 1 aliphatic heterocycles. The molecule has 1 aliphatic rings. The van der Waals surface area contributed by atoms with Gasteiger partial charge in [0.1, 0.15) is 13.1 Å². The molecule has 0 spiro atoms. The number of benzene rings is 1. The van der Waals surface area contributed by atoms with Crippen molar-refractivity contribution in [2.24, 2.45) is 0 Å². The second-order valence-electron chi connectivity index (χ2n) is 4.73. The van der Waals surface area contributed by atoms with Crippen LogP contribution in [0.4, 0.5) is 0 Å². The fourth-order valence-corrected chi connectivity index (χ4v) is 2.42. The summed E-state index contributed by atoms with van der Waals surface area (Å²) in [6.45, 7) is 5.73. The van der Waals surface area contributed by atoms with Gasteiger partial charge < -0.3 is 15.0 Å². The average Bonchev–Trinajstić information content (AvgIpc) is 2.45. The van der Waals surface area contributed by atoms with Gasteiger partial charge in [-0.3, -0.25) is 4.79 Å². The molecule has 0 radical (unpaired) electrons. The summed E-state index contributed by atoms with van der Waals surface area (Å²) >= 11 is 3.36. The van der Waals surface area contributed by atoms with Gasteiger partial charge in [-0.15, -0.1) is 0 Å². The van der Waals surface area contributed by atoms with Crippen LogP contribution in [0.25, 0.3) is 0 Å². The van der Waals surface area contributed by atoms with E-state index in [0.717, 1.165) is 50.3 Å². The molecule has 0 aliphatic carbocycles. The molecule has 0 atom stereocenters. The first kappa shape index (κ1) is 14.5. The fourth-order valence-electron chi connectivity index (χ4n) is 2.15. The predicted octanol–water partition coefficient (Wildman–Crippen LogP) is 0.484. The summed E-state index contributed by atoms with van der Waals surface area (Å²) in [7, 11) is 0.